The SMILES string of the molecule is Cc1ccoc1CSC(C)C#N. The molecule has 64 valence electrons. The standard InChI is InChI=1S/C9H11NOS/c1-7-3-4-11-9(7)6-12-8(2)5-10/h3-4,8H,6H2,1-2H3. The molecule has 1 heterocycles. The van der Waals surface area contributed by atoms with E-state index in [2.05, 4.69) is 6.07 Å². The topological polar surface area (TPSA) is 36.9 Å². The summed E-state index contributed by atoms with van der Waals surface area (Å²) in [7, 11) is 0. The van der Waals surface area contributed by atoms with Crippen molar-refractivity contribution in [3.63, 3.8) is 0 Å². The first-order chi connectivity index (χ1) is 5.74. The second kappa shape index (κ2) is 4.22. The first-order valence-electron chi connectivity index (χ1n) is 3.78. The molecule has 0 amide bonds. The van der Waals surface area contributed by atoms with Gasteiger partial charge in [0, 0.05) is 0 Å². The highest BCUT2D eigenvalue weighted by atomic mass is 32.2. The van der Waals surface area contributed by atoms with Gasteiger partial charge in [-0.3, -0.25) is 0 Å². The summed E-state index contributed by atoms with van der Waals surface area (Å²) in [5.41, 5.74) is 1.16. The van der Waals surface area contributed by atoms with E-state index in [-0.39, 0.29) is 5.25 Å². The van der Waals surface area contributed by atoms with Crippen molar-refractivity contribution in [1.29, 1.82) is 5.26 Å². The lowest BCUT2D eigenvalue weighted by molar-refractivity contribution is 0.528. The Morgan fingerprint density at radius 1 is 1.75 bits per heavy atom. The summed E-state index contributed by atoms with van der Waals surface area (Å²) in [5, 5.41) is 8.57. The van der Waals surface area contributed by atoms with Crippen LogP contribution in [0.3, 0.4) is 0 Å². The van der Waals surface area contributed by atoms with Crippen molar-refractivity contribution in [2.75, 3.05) is 0 Å². The van der Waals surface area contributed by atoms with E-state index in [1.54, 1.807) is 18.0 Å². The smallest absolute Gasteiger partial charge is 0.116 e. The number of hydrogen-bond donors (Lipinski definition) is 0. The zero-order valence-electron chi connectivity index (χ0n) is 7.20. The molecule has 0 bridgehead atoms. The van der Waals surface area contributed by atoms with Crippen molar-refractivity contribution >= 4 is 11.8 Å². The number of aryl methyl sites for hydroxylation is 1. The maximum absolute atomic E-state index is 8.53. The quantitative estimate of drug-likeness (QED) is 0.719. The van der Waals surface area contributed by atoms with Crippen LogP contribution in [0.25, 0.3) is 0 Å². The summed E-state index contributed by atoms with van der Waals surface area (Å²) in [4.78, 5) is 0. The molecule has 1 rings (SSSR count). The van der Waals surface area contributed by atoms with E-state index in [0.717, 1.165) is 17.1 Å². The van der Waals surface area contributed by atoms with E-state index in [1.165, 1.54) is 0 Å². The molecule has 1 unspecified atom stereocenters. The van der Waals surface area contributed by atoms with E-state index in [4.69, 9.17) is 9.68 Å². The number of furan rings is 1. The van der Waals surface area contributed by atoms with Crippen molar-refractivity contribution in [2.24, 2.45) is 0 Å². The molecule has 3 heteroatoms. The fourth-order valence-electron chi connectivity index (χ4n) is 0.790. The predicted molar refractivity (Wildman–Crippen MR) is 49.8 cm³/mol. The molecule has 0 aliphatic heterocycles. The highest BCUT2D eigenvalue weighted by Crippen LogP contribution is 2.20. The minimum Gasteiger partial charge on any atom is -0.468 e. The highest BCUT2D eigenvalue weighted by Gasteiger charge is 2.05. The van der Waals surface area contributed by atoms with Crippen LogP contribution in [0.5, 0.6) is 0 Å². The van der Waals surface area contributed by atoms with Gasteiger partial charge in [0.25, 0.3) is 0 Å². The first kappa shape index (κ1) is 9.21. The van der Waals surface area contributed by atoms with E-state index in [9.17, 15) is 0 Å². The summed E-state index contributed by atoms with van der Waals surface area (Å²) in [6, 6.07) is 4.11. The molecule has 0 aliphatic carbocycles. The highest BCUT2D eigenvalue weighted by molar-refractivity contribution is 7.99. The Bertz CT molecular complexity index is 287. The van der Waals surface area contributed by atoms with Gasteiger partial charge in [-0.1, -0.05) is 0 Å². The zero-order valence-corrected chi connectivity index (χ0v) is 8.02. The molecular formula is C9H11NOS. The average Bonchev–Trinajstić information content (AvgIpc) is 2.47. The van der Waals surface area contributed by atoms with Crippen LogP contribution in [0, 0.1) is 18.3 Å². The second-order valence-electron chi connectivity index (χ2n) is 2.61. The summed E-state index contributed by atoms with van der Waals surface area (Å²) in [6.45, 7) is 3.90. The third-order valence-electron chi connectivity index (χ3n) is 1.61. The van der Waals surface area contributed by atoms with Gasteiger partial charge in [0.1, 0.15) is 5.76 Å². The van der Waals surface area contributed by atoms with Crippen molar-refractivity contribution in [3.8, 4) is 6.07 Å². The number of thioether (sulfide) groups is 1. The fourth-order valence-corrected chi connectivity index (χ4v) is 1.56. The molecule has 0 saturated carbocycles. The van der Waals surface area contributed by atoms with Crippen LogP contribution < -0.4 is 0 Å². The molecular weight excluding hydrogens is 170 g/mol. The Balaban J connectivity index is 2.44. The van der Waals surface area contributed by atoms with Crippen molar-refractivity contribution in [2.45, 2.75) is 24.9 Å². The fraction of sp³-hybridized carbons (Fsp3) is 0.444. The molecule has 1 aromatic rings. The van der Waals surface area contributed by atoms with E-state index in [1.807, 2.05) is 19.9 Å². The van der Waals surface area contributed by atoms with E-state index in [0.29, 0.717) is 0 Å². The lowest BCUT2D eigenvalue weighted by Crippen LogP contribution is -1.91. The third-order valence-corrected chi connectivity index (χ3v) is 2.65. The van der Waals surface area contributed by atoms with Crippen LogP contribution in [0.15, 0.2) is 16.7 Å². The molecule has 0 saturated heterocycles. The molecule has 12 heavy (non-hydrogen) atoms. The lowest BCUT2D eigenvalue weighted by atomic mass is 10.3. The second-order valence-corrected chi connectivity index (χ2v) is 3.94. The molecule has 0 radical (unpaired) electrons. The van der Waals surface area contributed by atoms with Gasteiger partial charge in [0.05, 0.1) is 23.3 Å². The molecule has 0 aromatic carbocycles. The molecule has 0 fully saturated rings. The van der Waals surface area contributed by atoms with Gasteiger partial charge in [-0.2, -0.15) is 5.26 Å². The lowest BCUT2D eigenvalue weighted by Gasteiger charge is -2.00. The molecule has 1 atom stereocenters. The third kappa shape index (κ3) is 2.31. The summed E-state index contributed by atoms with van der Waals surface area (Å²) in [5.74, 6) is 1.76. The number of nitriles is 1. The Morgan fingerprint density at radius 3 is 3.00 bits per heavy atom. The monoisotopic (exact) mass is 181 g/mol. The number of nitrogens with zero attached hydrogens (tertiary/aromatic N) is 1. The van der Waals surface area contributed by atoms with Crippen molar-refractivity contribution in [1.82, 2.24) is 0 Å². The van der Waals surface area contributed by atoms with Crippen LogP contribution in [0.1, 0.15) is 18.2 Å². The van der Waals surface area contributed by atoms with Gasteiger partial charge in [0.2, 0.25) is 0 Å². The van der Waals surface area contributed by atoms with Gasteiger partial charge in [0.15, 0.2) is 0 Å². The van der Waals surface area contributed by atoms with Gasteiger partial charge in [-0.15, -0.1) is 11.8 Å². The van der Waals surface area contributed by atoms with Crippen LogP contribution >= 0.6 is 11.8 Å². The maximum atomic E-state index is 8.53. The summed E-state index contributed by atoms with van der Waals surface area (Å²) < 4.78 is 5.23. The Hall–Kier alpha value is -0.880. The van der Waals surface area contributed by atoms with Crippen LogP contribution in [-0.4, -0.2) is 5.25 Å². The van der Waals surface area contributed by atoms with Gasteiger partial charge >= 0.3 is 0 Å². The molecule has 0 spiro atoms. The summed E-state index contributed by atoms with van der Waals surface area (Å²) in [6.07, 6.45) is 1.68. The minimum absolute atomic E-state index is 0.0366. The van der Waals surface area contributed by atoms with Crippen molar-refractivity contribution < 1.29 is 4.42 Å². The zero-order chi connectivity index (χ0) is 8.97. The first-order valence-corrected chi connectivity index (χ1v) is 4.83. The van der Waals surface area contributed by atoms with Gasteiger partial charge in [-0.05, 0) is 25.5 Å². The largest absolute Gasteiger partial charge is 0.468 e. The van der Waals surface area contributed by atoms with Crippen LogP contribution in [-0.2, 0) is 5.75 Å². The van der Waals surface area contributed by atoms with Crippen LogP contribution in [0.2, 0.25) is 0 Å². The molecule has 0 N–H and O–H groups in total. The Labute approximate surface area is 76.6 Å². The van der Waals surface area contributed by atoms with Gasteiger partial charge < -0.3 is 4.42 Å². The molecule has 0 aliphatic rings. The number of hydrogen-bond acceptors (Lipinski definition) is 3. The average molecular weight is 181 g/mol. The molecule has 2 nitrogen and oxygen atoms in total. The summed E-state index contributed by atoms with van der Waals surface area (Å²) >= 11 is 1.59. The Kier molecular flexibility index (Phi) is 3.24. The predicted octanol–water partition coefficient (Wildman–Crippen LogP) is 2.73. The van der Waals surface area contributed by atoms with Crippen molar-refractivity contribution in [3.05, 3.63) is 23.7 Å². The normalized spacial score (nSPS) is 12.4. The maximum Gasteiger partial charge on any atom is 0.116 e. The van der Waals surface area contributed by atoms with E-state index < -0.39 is 0 Å². The molecule has 1 aromatic heterocycles. The van der Waals surface area contributed by atoms with Gasteiger partial charge in [-0.25, -0.2) is 0 Å². The Morgan fingerprint density at radius 2 is 2.50 bits per heavy atom. The van der Waals surface area contributed by atoms with E-state index >= 15 is 0 Å². The minimum atomic E-state index is 0.0366. The van der Waals surface area contributed by atoms with Crippen LogP contribution in [0.4, 0.5) is 0 Å². The number of rotatable bonds is 3.